The van der Waals surface area contributed by atoms with Crippen LogP contribution in [0.5, 0.6) is 5.88 Å². The molecule has 51 heavy (non-hydrogen) atoms. The van der Waals surface area contributed by atoms with Crippen LogP contribution in [0.25, 0.3) is 16.8 Å². The van der Waals surface area contributed by atoms with Crippen LogP contribution in [0, 0.1) is 22.7 Å². The first-order valence-corrected chi connectivity index (χ1v) is 19.2. The molecule has 274 valence electrons. The predicted molar refractivity (Wildman–Crippen MR) is 191 cm³/mol. The summed E-state index contributed by atoms with van der Waals surface area (Å²) in [5.41, 5.74) is -1.66. The molecule has 4 bridgehead atoms. The summed E-state index contributed by atoms with van der Waals surface area (Å²) in [4.78, 5) is 61.5. The van der Waals surface area contributed by atoms with E-state index in [0.717, 1.165) is 16.3 Å². The number of cyclic esters (lactones) is 1. The summed E-state index contributed by atoms with van der Waals surface area (Å²) in [5.74, 6) is -3.38. The van der Waals surface area contributed by atoms with Gasteiger partial charge in [0.05, 0.1) is 30.7 Å². The third-order valence-corrected chi connectivity index (χ3v) is 12.3. The predicted octanol–water partition coefficient (Wildman–Crippen LogP) is 4.29. The second-order valence-corrected chi connectivity index (χ2v) is 18.3. The summed E-state index contributed by atoms with van der Waals surface area (Å²) in [6, 6.07) is 6.74. The van der Waals surface area contributed by atoms with Crippen LogP contribution in [-0.4, -0.2) is 78.1 Å². The highest BCUT2D eigenvalue weighted by molar-refractivity contribution is 7.91. The number of carbonyl (C=O) groups is 4. The zero-order valence-corrected chi connectivity index (χ0v) is 30.8. The molecule has 3 fully saturated rings. The van der Waals surface area contributed by atoms with Gasteiger partial charge in [-0.1, -0.05) is 65.0 Å². The summed E-state index contributed by atoms with van der Waals surface area (Å²) in [6.07, 6.45) is 8.16. The van der Waals surface area contributed by atoms with Crippen molar-refractivity contribution >= 4 is 50.6 Å². The number of rotatable bonds is 6. The van der Waals surface area contributed by atoms with E-state index in [1.54, 1.807) is 6.20 Å². The lowest BCUT2D eigenvalue weighted by Gasteiger charge is -2.35. The Hall–Kier alpha value is -4.26. The van der Waals surface area contributed by atoms with Crippen molar-refractivity contribution in [3.8, 4) is 5.88 Å². The summed E-state index contributed by atoms with van der Waals surface area (Å²) >= 11 is 0. The number of aromatic nitrogens is 1. The number of nitrogens with zero attached hydrogens (tertiary/aromatic N) is 2. The van der Waals surface area contributed by atoms with Gasteiger partial charge >= 0.3 is 5.97 Å². The number of fused-ring (bicyclic) bond motifs is 3. The van der Waals surface area contributed by atoms with Gasteiger partial charge in [0.25, 0.3) is 5.91 Å². The van der Waals surface area contributed by atoms with Gasteiger partial charge in [-0.3, -0.25) is 23.9 Å². The van der Waals surface area contributed by atoms with Crippen molar-refractivity contribution in [2.24, 2.45) is 22.7 Å². The molecule has 2 aliphatic heterocycles. The van der Waals surface area contributed by atoms with E-state index < -0.39 is 73.9 Å². The fraction of sp³-hybridized carbons (Fsp3) is 0.553. The smallest absolute Gasteiger partial charge is 0.306 e. The summed E-state index contributed by atoms with van der Waals surface area (Å²) in [5, 5.41) is 3.87. The van der Waals surface area contributed by atoms with Crippen molar-refractivity contribution in [2.45, 2.75) is 96.1 Å². The van der Waals surface area contributed by atoms with Crippen molar-refractivity contribution in [3.05, 3.63) is 54.8 Å². The SMILES string of the molecule is C=C[C@H]1C[C@]1(NC(=O)[C@@H]1C[C@@H]2CN1C(=O)[C@H](C(C)(C)C)CC(=O)OCC(C)(C)C/C=C/c1ccc3ccnc(c3c1)O2)C(=O)NS(=O)(=O)C1CC1. The Morgan fingerprint density at radius 3 is 2.55 bits per heavy atom. The van der Waals surface area contributed by atoms with Crippen molar-refractivity contribution in [3.63, 3.8) is 0 Å². The van der Waals surface area contributed by atoms with Gasteiger partial charge in [-0.25, -0.2) is 13.4 Å². The molecule has 12 nitrogen and oxygen atoms in total. The molecule has 1 aromatic heterocycles. The van der Waals surface area contributed by atoms with E-state index in [1.807, 2.05) is 71.0 Å². The summed E-state index contributed by atoms with van der Waals surface area (Å²) in [7, 11) is -3.88. The largest absolute Gasteiger partial charge is 0.472 e. The number of hydrogen-bond acceptors (Lipinski definition) is 9. The van der Waals surface area contributed by atoms with Gasteiger partial charge in [0, 0.05) is 29.3 Å². The summed E-state index contributed by atoms with van der Waals surface area (Å²) in [6.45, 7) is 13.5. The molecule has 2 N–H and O–H groups in total. The first-order chi connectivity index (χ1) is 23.9. The third kappa shape index (κ3) is 7.83. The maximum Gasteiger partial charge on any atom is 0.306 e. The molecule has 1 saturated heterocycles. The maximum absolute atomic E-state index is 14.6. The number of sulfonamides is 1. The second kappa shape index (κ2) is 13.4. The van der Waals surface area contributed by atoms with E-state index in [9.17, 15) is 27.6 Å². The lowest BCUT2D eigenvalue weighted by molar-refractivity contribution is -0.155. The Labute approximate surface area is 299 Å². The molecule has 2 saturated carbocycles. The number of benzene rings is 1. The number of allylic oxidation sites excluding steroid dienone is 1. The van der Waals surface area contributed by atoms with Crippen molar-refractivity contribution in [1.82, 2.24) is 19.9 Å². The van der Waals surface area contributed by atoms with Gasteiger partial charge in [0.1, 0.15) is 17.7 Å². The highest BCUT2D eigenvalue weighted by atomic mass is 32.2. The van der Waals surface area contributed by atoms with E-state index in [2.05, 4.69) is 21.6 Å². The minimum atomic E-state index is -3.88. The van der Waals surface area contributed by atoms with Crippen LogP contribution in [0.15, 0.2) is 49.2 Å². The van der Waals surface area contributed by atoms with Gasteiger partial charge < -0.3 is 19.7 Å². The van der Waals surface area contributed by atoms with E-state index in [-0.39, 0.29) is 37.8 Å². The third-order valence-electron chi connectivity index (χ3n) is 10.4. The van der Waals surface area contributed by atoms with Gasteiger partial charge in [0.15, 0.2) is 0 Å². The zero-order valence-electron chi connectivity index (χ0n) is 29.9. The number of amides is 3. The molecule has 2 aliphatic carbocycles. The molecule has 3 heterocycles. The number of pyridine rings is 1. The minimum absolute atomic E-state index is 0.0172. The number of carbonyl (C=O) groups excluding carboxylic acids is 4. The Bertz CT molecular complexity index is 1900. The van der Waals surface area contributed by atoms with E-state index in [0.29, 0.717) is 25.1 Å². The van der Waals surface area contributed by atoms with Gasteiger partial charge in [0.2, 0.25) is 27.7 Å². The monoisotopic (exact) mass is 720 g/mol. The first kappa shape index (κ1) is 36.5. The molecule has 1 aromatic carbocycles. The normalized spacial score (nSPS) is 28.9. The second-order valence-electron chi connectivity index (χ2n) is 16.3. The first-order valence-electron chi connectivity index (χ1n) is 17.6. The lowest BCUT2D eigenvalue weighted by atomic mass is 9.77. The van der Waals surface area contributed by atoms with Crippen LogP contribution < -0.4 is 14.8 Å². The van der Waals surface area contributed by atoms with E-state index in [1.165, 1.54) is 11.0 Å². The number of nitrogens with one attached hydrogen (secondary N) is 2. The van der Waals surface area contributed by atoms with Crippen molar-refractivity contribution < 1.29 is 37.1 Å². The van der Waals surface area contributed by atoms with Crippen molar-refractivity contribution in [1.29, 1.82) is 0 Å². The molecular formula is C38H48N4O8S. The van der Waals surface area contributed by atoms with E-state index in [4.69, 9.17) is 9.47 Å². The van der Waals surface area contributed by atoms with Gasteiger partial charge in [-0.15, -0.1) is 6.58 Å². The van der Waals surface area contributed by atoms with Crippen LogP contribution in [0.3, 0.4) is 0 Å². The molecule has 0 radical (unpaired) electrons. The van der Waals surface area contributed by atoms with Crippen LogP contribution in [-0.2, 0) is 33.9 Å². The highest BCUT2D eigenvalue weighted by Gasteiger charge is 2.62. The quantitative estimate of drug-likeness (QED) is 0.328. The molecule has 13 heteroatoms. The molecular weight excluding hydrogens is 673 g/mol. The van der Waals surface area contributed by atoms with Crippen LogP contribution in [0.2, 0.25) is 0 Å². The lowest BCUT2D eigenvalue weighted by Crippen LogP contribution is -2.57. The van der Waals surface area contributed by atoms with Crippen molar-refractivity contribution in [2.75, 3.05) is 13.2 Å². The highest BCUT2D eigenvalue weighted by Crippen LogP contribution is 2.46. The standard InChI is InChI=1S/C38H48N4O8S/c1-7-25-20-38(25,35(46)41-51(47,48)27-12-13-27)40-32(44)30-18-26-21-42(30)34(45)29(36(2,3)4)19-31(43)49-22-37(5,6)15-8-9-23-10-11-24-14-16-39-33(50-26)28(24)17-23/h7-11,14,16-17,25-27,29-30H,1,12-13,15,18-22H2,2-6H3,(H,40,44)(H,41,46)/b9-8+/t25-,26+,29+,30-,38+/m0/s1. The fourth-order valence-corrected chi connectivity index (χ4v) is 8.31. The Morgan fingerprint density at radius 1 is 1.14 bits per heavy atom. The van der Waals surface area contributed by atoms with Crippen LogP contribution in [0.4, 0.5) is 0 Å². The molecule has 0 unspecified atom stereocenters. The number of esters is 1. The van der Waals surface area contributed by atoms with Gasteiger partial charge in [-0.2, -0.15) is 0 Å². The van der Waals surface area contributed by atoms with Crippen LogP contribution in [0.1, 0.15) is 78.7 Å². The zero-order chi connectivity index (χ0) is 36.9. The topological polar surface area (TPSA) is 161 Å². The Balaban J connectivity index is 1.35. The maximum atomic E-state index is 14.6. The minimum Gasteiger partial charge on any atom is -0.472 e. The average molecular weight is 721 g/mol. The van der Waals surface area contributed by atoms with E-state index >= 15 is 0 Å². The van der Waals surface area contributed by atoms with Gasteiger partial charge in [-0.05, 0) is 54.2 Å². The fourth-order valence-electron chi connectivity index (χ4n) is 6.95. The number of hydrogen-bond donors (Lipinski definition) is 2. The Kier molecular flexibility index (Phi) is 9.58. The molecule has 6 rings (SSSR count). The van der Waals surface area contributed by atoms with Crippen LogP contribution >= 0.6 is 0 Å². The molecule has 3 amide bonds. The number of ether oxygens (including phenoxy) is 2. The molecule has 2 aromatic rings. The molecule has 0 spiro atoms. The molecule has 5 atom stereocenters. The average Bonchev–Trinajstić information content (AvgIpc) is 3.98. The Morgan fingerprint density at radius 2 is 1.88 bits per heavy atom. The summed E-state index contributed by atoms with van der Waals surface area (Å²) < 4.78 is 39.7. The molecule has 4 aliphatic rings.